The highest BCUT2D eigenvalue weighted by Gasteiger charge is 2.42. The number of nitrogens with one attached hydrogen (secondary N) is 1. The summed E-state index contributed by atoms with van der Waals surface area (Å²) in [6.07, 6.45) is 4.35. The number of rotatable bonds is 7. The van der Waals surface area contributed by atoms with E-state index in [1.54, 1.807) is 14.2 Å². The van der Waals surface area contributed by atoms with Crippen molar-refractivity contribution in [3.05, 3.63) is 23.3 Å². The summed E-state index contributed by atoms with van der Waals surface area (Å²) in [4.78, 5) is 14.3. The van der Waals surface area contributed by atoms with Crippen molar-refractivity contribution < 1.29 is 19.0 Å². The van der Waals surface area contributed by atoms with E-state index in [-0.39, 0.29) is 23.5 Å². The highest BCUT2D eigenvalue weighted by molar-refractivity contribution is 5.77. The predicted octanol–water partition coefficient (Wildman–Crippen LogP) is 3.30. The number of amides is 1. The smallest absolute Gasteiger partial charge is 0.222 e. The second-order valence-corrected chi connectivity index (χ2v) is 8.72. The molecule has 1 spiro atoms. The molecule has 162 valence electrons. The van der Waals surface area contributed by atoms with Gasteiger partial charge in [0.15, 0.2) is 0 Å². The monoisotopic (exact) mass is 404 g/mol. The fraction of sp³-hybridized carbons (Fsp3) is 0.696. The number of piperidine rings is 1. The molecule has 1 unspecified atom stereocenters. The summed E-state index contributed by atoms with van der Waals surface area (Å²) in [6, 6.07) is 4.13. The van der Waals surface area contributed by atoms with Gasteiger partial charge in [0, 0.05) is 43.2 Å². The molecule has 0 bridgehead atoms. The van der Waals surface area contributed by atoms with Gasteiger partial charge in [-0.05, 0) is 38.7 Å². The van der Waals surface area contributed by atoms with Crippen LogP contribution in [0.1, 0.15) is 50.7 Å². The third-order valence-electron chi connectivity index (χ3n) is 6.39. The Balaban J connectivity index is 1.52. The van der Waals surface area contributed by atoms with E-state index in [1.165, 1.54) is 5.56 Å². The third kappa shape index (κ3) is 5.04. The topological polar surface area (TPSA) is 60.0 Å². The zero-order chi connectivity index (χ0) is 21.0. The summed E-state index contributed by atoms with van der Waals surface area (Å²) in [5.74, 6) is 1.90. The SMILES string of the molecule is COc1ccc(CN2CCC3(CCC(CNC(=O)C(C)C)O3)CC2)c(OC)c1C. The molecule has 29 heavy (non-hydrogen) atoms. The molecule has 6 nitrogen and oxygen atoms in total. The van der Waals surface area contributed by atoms with Crippen LogP contribution in [0.4, 0.5) is 0 Å². The number of hydrogen-bond donors (Lipinski definition) is 1. The van der Waals surface area contributed by atoms with Gasteiger partial charge in [-0.1, -0.05) is 19.9 Å². The average Bonchev–Trinajstić information content (AvgIpc) is 3.11. The lowest BCUT2D eigenvalue weighted by atomic mass is 9.88. The Bertz CT molecular complexity index is 711. The molecule has 3 rings (SSSR count). The van der Waals surface area contributed by atoms with Gasteiger partial charge in [0.25, 0.3) is 0 Å². The lowest BCUT2D eigenvalue weighted by Gasteiger charge is -2.39. The molecule has 1 aromatic carbocycles. The van der Waals surface area contributed by atoms with Gasteiger partial charge in [-0.3, -0.25) is 9.69 Å². The normalized spacial score (nSPS) is 21.5. The Hall–Kier alpha value is -1.79. The van der Waals surface area contributed by atoms with Crippen molar-refractivity contribution in [1.82, 2.24) is 10.2 Å². The first-order valence-electron chi connectivity index (χ1n) is 10.8. The van der Waals surface area contributed by atoms with Crippen LogP contribution >= 0.6 is 0 Å². The van der Waals surface area contributed by atoms with Gasteiger partial charge in [0.2, 0.25) is 5.91 Å². The summed E-state index contributed by atoms with van der Waals surface area (Å²) in [5.41, 5.74) is 2.23. The van der Waals surface area contributed by atoms with E-state index in [0.29, 0.717) is 6.54 Å². The first-order chi connectivity index (χ1) is 13.9. The highest BCUT2D eigenvalue weighted by atomic mass is 16.5. The summed E-state index contributed by atoms with van der Waals surface area (Å²) in [5, 5.41) is 3.02. The Morgan fingerprint density at radius 3 is 2.59 bits per heavy atom. The molecule has 1 amide bonds. The number of nitrogens with zero attached hydrogens (tertiary/aromatic N) is 1. The molecule has 2 heterocycles. The van der Waals surface area contributed by atoms with Crippen molar-refractivity contribution in [3.63, 3.8) is 0 Å². The zero-order valence-electron chi connectivity index (χ0n) is 18.5. The molecular weight excluding hydrogens is 368 g/mol. The van der Waals surface area contributed by atoms with Crippen molar-refractivity contribution in [1.29, 1.82) is 0 Å². The number of carbonyl (C=O) groups excluding carboxylic acids is 1. The van der Waals surface area contributed by atoms with Crippen LogP contribution < -0.4 is 14.8 Å². The fourth-order valence-electron chi connectivity index (χ4n) is 4.54. The molecule has 1 aromatic rings. The number of hydrogen-bond acceptors (Lipinski definition) is 5. The van der Waals surface area contributed by atoms with Crippen LogP contribution in [0, 0.1) is 12.8 Å². The van der Waals surface area contributed by atoms with Gasteiger partial charge < -0.3 is 19.5 Å². The Morgan fingerprint density at radius 2 is 1.97 bits per heavy atom. The second kappa shape index (κ2) is 9.35. The van der Waals surface area contributed by atoms with Gasteiger partial charge in [-0.2, -0.15) is 0 Å². The highest BCUT2D eigenvalue weighted by Crippen LogP contribution is 2.40. The number of methoxy groups -OCH3 is 2. The number of ether oxygens (including phenoxy) is 3. The molecule has 2 aliphatic heterocycles. The molecular formula is C23H36N2O4. The van der Waals surface area contributed by atoms with Crippen LogP contribution in [0.25, 0.3) is 0 Å². The molecule has 0 aromatic heterocycles. The van der Waals surface area contributed by atoms with E-state index in [9.17, 15) is 4.79 Å². The molecule has 1 atom stereocenters. The van der Waals surface area contributed by atoms with Crippen LogP contribution in [-0.2, 0) is 16.1 Å². The van der Waals surface area contributed by atoms with Crippen molar-refractivity contribution in [2.45, 2.75) is 64.7 Å². The van der Waals surface area contributed by atoms with E-state index in [1.807, 2.05) is 26.8 Å². The van der Waals surface area contributed by atoms with Crippen LogP contribution in [0.3, 0.4) is 0 Å². The maximum Gasteiger partial charge on any atom is 0.222 e. The number of likely N-dealkylation sites (tertiary alicyclic amines) is 1. The predicted molar refractivity (Wildman–Crippen MR) is 113 cm³/mol. The third-order valence-corrected chi connectivity index (χ3v) is 6.39. The average molecular weight is 405 g/mol. The summed E-state index contributed by atoms with van der Waals surface area (Å²) >= 11 is 0. The van der Waals surface area contributed by atoms with Crippen molar-refractivity contribution >= 4 is 5.91 Å². The van der Waals surface area contributed by atoms with Crippen LogP contribution in [0.2, 0.25) is 0 Å². The number of benzene rings is 1. The first-order valence-corrected chi connectivity index (χ1v) is 10.8. The maximum atomic E-state index is 11.8. The minimum absolute atomic E-state index is 0.0103. The van der Waals surface area contributed by atoms with Gasteiger partial charge in [-0.25, -0.2) is 0 Å². The lowest BCUT2D eigenvalue weighted by Crippen LogP contribution is -2.45. The quantitative estimate of drug-likeness (QED) is 0.756. The summed E-state index contributed by atoms with van der Waals surface area (Å²) in [7, 11) is 3.41. The van der Waals surface area contributed by atoms with E-state index in [4.69, 9.17) is 14.2 Å². The number of carbonyl (C=O) groups is 1. The minimum atomic E-state index is -0.0103. The van der Waals surface area contributed by atoms with E-state index in [2.05, 4.69) is 16.3 Å². The van der Waals surface area contributed by atoms with Gasteiger partial charge in [-0.15, -0.1) is 0 Å². The fourth-order valence-corrected chi connectivity index (χ4v) is 4.54. The minimum Gasteiger partial charge on any atom is -0.496 e. The molecule has 2 fully saturated rings. The molecule has 6 heteroatoms. The molecule has 0 saturated carbocycles. The van der Waals surface area contributed by atoms with Crippen molar-refractivity contribution in [3.8, 4) is 11.5 Å². The maximum absolute atomic E-state index is 11.8. The Labute approximate surface area is 174 Å². The van der Waals surface area contributed by atoms with Crippen LogP contribution in [-0.4, -0.2) is 56.4 Å². The summed E-state index contributed by atoms with van der Waals surface area (Å²) in [6.45, 7) is 9.40. The van der Waals surface area contributed by atoms with Crippen molar-refractivity contribution in [2.75, 3.05) is 33.9 Å². The van der Waals surface area contributed by atoms with E-state index in [0.717, 1.165) is 62.4 Å². The van der Waals surface area contributed by atoms with Crippen LogP contribution in [0.15, 0.2) is 12.1 Å². The molecule has 2 aliphatic rings. The zero-order valence-corrected chi connectivity index (χ0v) is 18.5. The van der Waals surface area contributed by atoms with Gasteiger partial charge >= 0.3 is 0 Å². The lowest BCUT2D eigenvalue weighted by molar-refractivity contribution is -0.125. The second-order valence-electron chi connectivity index (χ2n) is 8.72. The largest absolute Gasteiger partial charge is 0.496 e. The van der Waals surface area contributed by atoms with Gasteiger partial charge in [0.05, 0.1) is 25.9 Å². The summed E-state index contributed by atoms with van der Waals surface area (Å²) < 4.78 is 17.5. The molecule has 0 aliphatic carbocycles. The van der Waals surface area contributed by atoms with Gasteiger partial charge in [0.1, 0.15) is 11.5 Å². The molecule has 2 saturated heterocycles. The Morgan fingerprint density at radius 1 is 1.24 bits per heavy atom. The molecule has 0 radical (unpaired) electrons. The van der Waals surface area contributed by atoms with E-state index < -0.39 is 0 Å². The van der Waals surface area contributed by atoms with E-state index >= 15 is 0 Å². The Kier molecular flexibility index (Phi) is 7.06. The standard InChI is InChI=1S/C23H36N2O4/c1-16(2)22(26)24-14-19-8-9-23(29-19)10-12-25(13-11-23)15-18-6-7-20(27-4)17(3)21(18)28-5/h6-7,16,19H,8-15H2,1-5H3,(H,24,26). The molecule has 1 N–H and O–H groups in total. The van der Waals surface area contributed by atoms with Crippen LogP contribution in [0.5, 0.6) is 11.5 Å². The van der Waals surface area contributed by atoms with Crippen molar-refractivity contribution in [2.24, 2.45) is 5.92 Å². The first kappa shape index (κ1) is 21.9.